The summed E-state index contributed by atoms with van der Waals surface area (Å²) in [6.45, 7) is 3.53. The first-order valence-electron chi connectivity index (χ1n) is 7.38. The van der Waals surface area contributed by atoms with Crippen LogP contribution in [0.1, 0.15) is 42.6 Å². The number of rotatable bonds is 4. The van der Waals surface area contributed by atoms with E-state index in [-0.39, 0.29) is 16.3 Å². The smallest absolute Gasteiger partial charge is 0.301 e. The summed E-state index contributed by atoms with van der Waals surface area (Å²) >= 11 is 3.33. The Bertz CT molecular complexity index is 630. The Labute approximate surface area is 141 Å². The molecule has 0 saturated carbocycles. The van der Waals surface area contributed by atoms with Gasteiger partial charge in [-0.2, -0.15) is 13.2 Å². The van der Waals surface area contributed by atoms with Gasteiger partial charge in [0, 0.05) is 17.3 Å². The number of alkyl halides is 4. The average Bonchev–Trinajstić information content (AvgIpc) is 2.79. The predicted octanol–water partition coefficient (Wildman–Crippen LogP) is 4.27. The predicted molar refractivity (Wildman–Crippen MR) is 85.1 cm³/mol. The van der Waals surface area contributed by atoms with E-state index in [1.807, 2.05) is 6.92 Å². The maximum atomic E-state index is 12.7. The fourth-order valence-electron chi connectivity index (χ4n) is 2.80. The topological polar surface area (TPSA) is 37.4 Å². The average molecular weight is 392 g/mol. The van der Waals surface area contributed by atoms with Gasteiger partial charge in [0.25, 0.3) is 0 Å². The molecule has 0 N–H and O–H groups in total. The molecule has 2 unspecified atom stereocenters. The Morgan fingerprint density at radius 3 is 2.61 bits per heavy atom. The Morgan fingerprint density at radius 2 is 2.04 bits per heavy atom. The number of halogens is 4. The highest BCUT2D eigenvalue weighted by Crippen LogP contribution is 2.36. The van der Waals surface area contributed by atoms with Gasteiger partial charge in [-0.15, -0.1) is 0 Å². The maximum Gasteiger partial charge on any atom is 0.471 e. The summed E-state index contributed by atoms with van der Waals surface area (Å²) in [5, 5.41) is 0. The van der Waals surface area contributed by atoms with Crippen LogP contribution in [0.3, 0.4) is 0 Å². The lowest BCUT2D eigenvalue weighted by molar-refractivity contribution is -0.170. The van der Waals surface area contributed by atoms with E-state index >= 15 is 0 Å². The molecule has 0 bridgehead atoms. The Balaban J connectivity index is 2.31. The lowest BCUT2D eigenvalue weighted by Gasteiger charge is -2.23. The number of benzene rings is 1. The molecule has 3 nitrogen and oxygen atoms in total. The number of amides is 1. The SMILES string of the molecule is CCCC(Br)C(=O)c1ccc2c(c1)CC(C)N2C(=O)C(F)(F)F. The first-order valence-corrected chi connectivity index (χ1v) is 8.30. The van der Waals surface area contributed by atoms with Crippen molar-refractivity contribution in [1.29, 1.82) is 0 Å². The van der Waals surface area contributed by atoms with Crippen LogP contribution >= 0.6 is 15.9 Å². The van der Waals surface area contributed by atoms with Crippen molar-refractivity contribution >= 4 is 33.3 Å². The molecule has 1 aromatic carbocycles. The van der Waals surface area contributed by atoms with Crippen molar-refractivity contribution in [1.82, 2.24) is 0 Å². The molecular formula is C16H17BrF3NO2. The summed E-state index contributed by atoms with van der Waals surface area (Å²) in [5.41, 5.74) is 1.28. The summed E-state index contributed by atoms with van der Waals surface area (Å²) in [5.74, 6) is -1.96. The molecule has 0 aliphatic carbocycles. The van der Waals surface area contributed by atoms with Crippen LogP contribution in [0.4, 0.5) is 18.9 Å². The summed E-state index contributed by atoms with van der Waals surface area (Å²) < 4.78 is 38.1. The number of hydrogen-bond acceptors (Lipinski definition) is 2. The van der Waals surface area contributed by atoms with Crippen molar-refractivity contribution < 1.29 is 22.8 Å². The second-order valence-corrected chi connectivity index (χ2v) is 6.80. The third-order valence-corrected chi connectivity index (χ3v) is 4.74. The van der Waals surface area contributed by atoms with Crippen LogP contribution in [0.5, 0.6) is 0 Å². The number of Topliss-reactive ketones (excluding diaryl/α,β-unsaturated/α-hetero) is 1. The Kier molecular flexibility index (Phi) is 5.18. The van der Waals surface area contributed by atoms with E-state index in [2.05, 4.69) is 15.9 Å². The molecule has 23 heavy (non-hydrogen) atoms. The lowest BCUT2D eigenvalue weighted by Crippen LogP contribution is -2.44. The van der Waals surface area contributed by atoms with Gasteiger partial charge >= 0.3 is 12.1 Å². The molecule has 0 aromatic heterocycles. The second kappa shape index (κ2) is 6.63. The minimum Gasteiger partial charge on any atom is -0.301 e. The molecule has 1 aliphatic rings. The van der Waals surface area contributed by atoms with E-state index < -0.39 is 18.1 Å². The van der Waals surface area contributed by atoms with Crippen molar-refractivity contribution in [3.8, 4) is 0 Å². The van der Waals surface area contributed by atoms with E-state index in [1.54, 1.807) is 13.0 Å². The van der Waals surface area contributed by atoms with Crippen molar-refractivity contribution in [3.63, 3.8) is 0 Å². The van der Waals surface area contributed by atoms with Crippen LogP contribution in [0, 0.1) is 0 Å². The van der Waals surface area contributed by atoms with E-state index in [0.717, 1.165) is 11.3 Å². The number of nitrogens with zero attached hydrogens (tertiary/aromatic N) is 1. The first-order chi connectivity index (χ1) is 10.7. The van der Waals surface area contributed by atoms with Gasteiger partial charge in [0.2, 0.25) is 0 Å². The monoisotopic (exact) mass is 391 g/mol. The normalized spacial score (nSPS) is 18.7. The molecule has 0 spiro atoms. The number of hydrogen-bond donors (Lipinski definition) is 0. The molecular weight excluding hydrogens is 375 g/mol. The fraction of sp³-hybridized carbons (Fsp3) is 0.500. The summed E-state index contributed by atoms with van der Waals surface area (Å²) in [7, 11) is 0. The highest BCUT2D eigenvalue weighted by molar-refractivity contribution is 9.10. The third kappa shape index (κ3) is 3.59. The van der Waals surface area contributed by atoms with Gasteiger partial charge < -0.3 is 4.90 Å². The van der Waals surface area contributed by atoms with Crippen LogP contribution in [0.15, 0.2) is 18.2 Å². The highest BCUT2D eigenvalue weighted by Gasteiger charge is 2.47. The maximum absolute atomic E-state index is 12.7. The van der Waals surface area contributed by atoms with Gasteiger partial charge in [0.05, 0.1) is 4.83 Å². The van der Waals surface area contributed by atoms with Crippen LogP contribution < -0.4 is 4.90 Å². The molecule has 7 heteroatoms. The Morgan fingerprint density at radius 1 is 1.39 bits per heavy atom. The van der Waals surface area contributed by atoms with Gasteiger partial charge in [-0.3, -0.25) is 9.59 Å². The number of anilines is 1. The summed E-state index contributed by atoms with van der Waals surface area (Å²) in [6.07, 6.45) is -3.08. The fourth-order valence-corrected chi connectivity index (χ4v) is 3.52. The minimum atomic E-state index is -4.91. The molecule has 1 aromatic rings. The summed E-state index contributed by atoms with van der Waals surface area (Å²) in [4.78, 5) is 24.3. The Hall–Kier alpha value is -1.37. The van der Waals surface area contributed by atoms with Crippen molar-refractivity contribution in [2.75, 3.05) is 4.90 Å². The van der Waals surface area contributed by atoms with Crippen molar-refractivity contribution in [3.05, 3.63) is 29.3 Å². The zero-order valence-electron chi connectivity index (χ0n) is 12.8. The summed E-state index contributed by atoms with van der Waals surface area (Å²) in [6, 6.07) is 3.93. The van der Waals surface area contributed by atoms with Gasteiger partial charge in [-0.1, -0.05) is 29.3 Å². The number of carbonyl (C=O) groups excluding carboxylic acids is 2. The zero-order chi connectivity index (χ0) is 17.4. The van der Waals surface area contributed by atoms with Crippen molar-refractivity contribution in [2.45, 2.75) is 50.2 Å². The van der Waals surface area contributed by atoms with Crippen LogP contribution in [-0.2, 0) is 11.2 Å². The quantitative estimate of drug-likeness (QED) is 0.567. The third-order valence-electron chi connectivity index (χ3n) is 3.87. The minimum absolute atomic E-state index is 0.0945. The standard InChI is InChI=1S/C16H17BrF3NO2/c1-3-4-12(17)14(22)10-5-6-13-11(8-10)7-9(2)21(13)15(23)16(18,19)20/h5-6,8-9,12H,3-4,7H2,1-2H3. The largest absolute Gasteiger partial charge is 0.471 e. The molecule has 2 rings (SSSR count). The first kappa shape index (κ1) is 18.0. The molecule has 1 heterocycles. The number of ketones is 1. The van der Waals surface area contributed by atoms with Crippen molar-refractivity contribution in [2.24, 2.45) is 0 Å². The highest BCUT2D eigenvalue weighted by atomic mass is 79.9. The molecule has 0 radical (unpaired) electrons. The molecule has 0 saturated heterocycles. The molecule has 1 aliphatic heterocycles. The van der Waals surface area contributed by atoms with Crippen LogP contribution in [0.2, 0.25) is 0 Å². The second-order valence-electron chi connectivity index (χ2n) is 5.69. The number of fused-ring (bicyclic) bond motifs is 1. The van der Waals surface area contributed by atoms with Gasteiger partial charge in [-0.05, 0) is 43.5 Å². The van der Waals surface area contributed by atoms with Gasteiger partial charge in [-0.25, -0.2) is 0 Å². The molecule has 0 fully saturated rings. The molecule has 1 amide bonds. The van der Waals surface area contributed by atoms with E-state index in [1.165, 1.54) is 12.1 Å². The lowest BCUT2D eigenvalue weighted by atomic mass is 10.0. The van der Waals surface area contributed by atoms with E-state index in [0.29, 0.717) is 24.0 Å². The van der Waals surface area contributed by atoms with Crippen LogP contribution in [-0.4, -0.2) is 28.7 Å². The van der Waals surface area contributed by atoms with Gasteiger partial charge in [0.1, 0.15) is 0 Å². The number of carbonyl (C=O) groups is 2. The van der Waals surface area contributed by atoms with E-state index in [9.17, 15) is 22.8 Å². The van der Waals surface area contributed by atoms with Gasteiger partial charge in [0.15, 0.2) is 5.78 Å². The molecule has 2 atom stereocenters. The zero-order valence-corrected chi connectivity index (χ0v) is 14.4. The van der Waals surface area contributed by atoms with E-state index in [4.69, 9.17) is 0 Å². The van der Waals surface area contributed by atoms with Crippen LogP contribution in [0.25, 0.3) is 0 Å². The molecule has 126 valence electrons.